The van der Waals surface area contributed by atoms with Crippen molar-refractivity contribution in [2.45, 2.75) is 26.2 Å². The van der Waals surface area contributed by atoms with Gasteiger partial charge in [-0.25, -0.2) is 15.0 Å². The maximum atomic E-state index is 6.05. The van der Waals surface area contributed by atoms with E-state index in [0.29, 0.717) is 11.0 Å². The predicted molar refractivity (Wildman–Crippen MR) is 124 cm³/mol. The Kier molecular flexibility index (Phi) is 5.65. The number of methoxy groups -OCH3 is 1. The highest BCUT2D eigenvalue weighted by molar-refractivity contribution is 6.30. The Labute approximate surface area is 186 Å². The molecule has 0 fully saturated rings. The second-order valence-corrected chi connectivity index (χ2v) is 8.27. The van der Waals surface area contributed by atoms with Gasteiger partial charge in [-0.2, -0.15) is 0 Å². The highest BCUT2D eigenvalue weighted by Gasteiger charge is 2.25. The first kappa shape index (κ1) is 20.9. The number of ether oxygens (including phenoxy) is 1. The van der Waals surface area contributed by atoms with Gasteiger partial charge in [-0.05, 0) is 42.8 Å². The zero-order valence-electron chi connectivity index (χ0n) is 17.9. The Morgan fingerprint density at radius 2 is 1.81 bits per heavy atom. The van der Waals surface area contributed by atoms with Crippen LogP contribution in [0.5, 0.6) is 5.75 Å². The van der Waals surface area contributed by atoms with Crippen molar-refractivity contribution in [1.82, 2.24) is 19.5 Å². The minimum atomic E-state index is -0.301. The SMILES string of the molecule is COc1cc(Nc2nccc(C(C)(C)c3ccc(Cl)cc3)n2)ccc1-n1cnc(C)c1. The number of aryl methyl sites for hydroxylation is 1. The molecule has 31 heavy (non-hydrogen) atoms. The van der Waals surface area contributed by atoms with Crippen LogP contribution < -0.4 is 10.1 Å². The van der Waals surface area contributed by atoms with Crippen molar-refractivity contribution < 1.29 is 4.74 Å². The van der Waals surface area contributed by atoms with Gasteiger partial charge in [-0.3, -0.25) is 0 Å². The van der Waals surface area contributed by atoms with Gasteiger partial charge in [0.2, 0.25) is 5.95 Å². The number of anilines is 2. The normalized spacial score (nSPS) is 11.4. The van der Waals surface area contributed by atoms with E-state index in [2.05, 4.69) is 29.1 Å². The van der Waals surface area contributed by atoms with Crippen LogP contribution in [-0.2, 0) is 5.41 Å². The van der Waals surface area contributed by atoms with Gasteiger partial charge in [0.25, 0.3) is 0 Å². The number of imidazole rings is 1. The predicted octanol–water partition coefficient (Wildman–Crippen LogP) is 5.70. The van der Waals surface area contributed by atoms with Crippen LogP contribution in [0, 0.1) is 6.92 Å². The lowest BCUT2D eigenvalue weighted by Gasteiger charge is -2.25. The molecule has 4 aromatic rings. The van der Waals surface area contributed by atoms with E-state index in [1.54, 1.807) is 19.6 Å². The maximum absolute atomic E-state index is 6.05. The Morgan fingerprint density at radius 3 is 2.48 bits per heavy atom. The summed E-state index contributed by atoms with van der Waals surface area (Å²) in [6.07, 6.45) is 5.49. The van der Waals surface area contributed by atoms with Crippen LogP contribution in [0.25, 0.3) is 5.69 Å². The minimum Gasteiger partial charge on any atom is -0.494 e. The molecular formula is C24H24ClN5O. The lowest BCUT2D eigenvalue weighted by atomic mass is 9.81. The molecule has 0 bridgehead atoms. The van der Waals surface area contributed by atoms with Crippen LogP contribution in [0.3, 0.4) is 0 Å². The quantitative estimate of drug-likeness (QED) is 0.422. The molecule has 0 spiro atoms. The highest BCUT2D eigenvalue weighted by atomic mass is 35.5. The molecule has 0 radical (unpaired) electrons. The Morgan fingerprint density at radius 1 is 1.03 bits per heavy atom. The zero-order valence-corrected chi connectivity index (χ0v) is 18.7. The summed E-state index contributed by atoms with van der Waals surface area (Å²) in [6.45, 7) is 6.22. The third-order valence-electron chi connectivity index (χ3n) is 5.29. The first-order valence-electron chi connectivity index (χ1n) is 9.92. The number of halogens is 1. The molecule has 0 saturated heterocycles. The third-order valence-corrected chi connectivity index (χ3v) is 5.54. The van der Waals surface area contributed by atoms with Gasteiger partial charge >= 0.3 is 0 Å². The van der Waals surface area contributed by atoms with Gasteiger partial charge in [-0.15, -0.1) is 0 Å². The minimum absolute atomic E-state index is 0.301. The van der Waals surface area contributed by atoms with Crippen LogP contribution in [-0.4, -0.2) is 26.6 Å². The lowest BCUT2D eigenvalue weighted by molar-refractivity contribution is 0.413. The highest BCUT2D eigenvalue weighted by Crippen LogP contribution is 2.32. The topological polar surface area (TPSA) is 64.9 Å². The molecule has 0 atom stereocenters. The van der Waals surface area contributed by atoms with Crippen molar-refractivity contribution >= 4 is 23.2 Å². The number of nitrogens with one attached hydrogen (secondary N) is 1. The summed E-state index contributed by atoms with van der Waals surface area (Å²) in [4.78, 5) is 13.4. The first-order chi connectivity index (χ1) is 14.9. The van der Waals surface area contributed by atoms with Crippen LogP contribution in [0.1, 0.15) is 30.8 Å². The fourth-order valence-electron chi connectivity index (χ4n) is 3.43. The van der Waals surface area contributed by atoms with E-state index < -0.39 is 0 Å². The van der Waals surface area contributed by atoms with Gasteiger partial charge in [0.05, 0.1) is 30.5 Å². The molecule has 2 heterocycles. The summed E-state index contributed by atoms with van der Waals surface area (Å²) in [5.74, 6) is 1.24. The van der Waals surface area contributed by atoms with Gasteiger partial charge in [0.1, 0.15) is 5.75 Å². The van der Waals surface area contributed by atoms with Gasteiger partial charge in [0, 0.05) is 34.6 Å². The molecule has 2 aromatic heterocycles. The molecule has 7 heteroatoms. The van der Waals surface area contributed by atoms with Crippen LogP contribution in [0.15, 0.2) is 67.3 Å². The molecule has 0 aliphatic rings. The zero-order chi connectivity index (χ0) is 22.0. The van der Waals surface area contributed by atoms with Gasteiger partial charge in [0.15, 0.2) is 0 Å². The smallest absolute Gasteiger partial charge is 0.227 e. The monoisotopic (exact) mass is 433 g/mol. The molecular weight excluding hydrogens is 410 g/mol. The fraction of sp³-hybridized carbons (Fsp3) is 0.208. The lowest BCUT2D eigenvalue weighted by Crippen LogP contribution is -2.21. The van der Waals surface area contributed by atoms with E-state index in [1.807, 2.05) is 66.2 Å². The van der Waals surface area contributed by atoms with Crippen molar-refractivity contribution in [2.75, 3.05) is 12.4 Å². The Bertz CT molecular complexity index is 1200. The molecule has 6 nitrogen and oxygen atoms in total. The summed E-state index contributed by atoms with van der Waals surface area (Å²) in [7, 11) is 1.65. The number of hydrogen-bond acceptors (Lipinski definition) is 5. The van der Waals surface area contributed by atoms with Crippen molar-refractivity contribution in [3.63, 3.8) is 0 Å². The van der Waals surface area contributed by atoms with E-state index in [4.69, 9.17) is 21.3 Å². The van der Waals surface area contributed by atoms with E-state index in [0.717, 1.165) is 34.1 Å². The molecule has 2 aromatic carbocycles. The summed E-state index contributed by atoms with van der Waals surface area (Å²) in [5, 5.41) is 4.00. The largest absolute Gasteiger partial charge is 0.494 e. The van der Waals surface area contributed by atoms with Crippen molar-refractivity contribution in [3.05, 3.63) is 89.2 Å². The summed E-state index contributed by atoms with van der Waals surface area (Å²) >= 11 is 6.05. The average Bonchev–Trinajstić information content (AvgIpc) is 3.20. The van der Waals surface area contributed by atoms with Crippen LogP contribution in [0.2, 0.25) is 5.02 Å². The molecule has 0 amide bonds. The van der Waals surface area contributed by atoms with Gasteiger partial charge < -0.3 is 14.6 Å². The number of hydrogen-bond donors (Lipinski definition) is 1. The molecule has 4 rings (SSSR count). The molecule has 0 aliphatic heterocycles. The van der Waals surface area contributed by atoms with Crippen molar-refractivity contribution in [1.29, 1.82) is 0 Å². The van der Waals surface area contributed by atoms with E-state index in [-0.39, 0.29) is 5.41 Å². The van der Waals surface area contributed by atoms with E-state index in [1.165, 1.54) is 0 Å². The number of nitrogens with zero attached hydrogens (tertiary/aromatic N) is 4. The van der Waals surface area contributed by atoms with Crippen molar-refractivity contribution in [2.24, 2.45) is 0 Å². The standard InChI is InChI=1S/C24H24ClN5O/c1-16-14-30(15-27-16)20-10-9-19(13-21(20)31-4)28-23-26-12-11-22(29-23)24(2,3)17-5-7-18(25)8-6-17/h5-15H,1-4H3,(H,26,28,29). The summed E-state index contributed by atoms with van der Waals surface area (Å²) in [5.41, 5.74) is 4.42. The molecule has 0 saturated carbocycles. The molecule has 0 unspecified atom stereocenters. The second-order valence-electron chi connectivity index (χ2n) is 7.83. The van der Waals surface area contributed by atoms with E-state index in [9.17, 15) is 0 Å². The van der Waals surface area contributed by atoms with E-state index >= 15 is 0 Å². The molecule has 0 aliphatic carbocycles. The van der Waals surface area contributed by atoms with Gasteiger partial charge in [-0.1, -0.05) is 37.6 Å². The fourth-order valence-corrected chi connectivity index (χ4v) is 3.56. The van der Waals surface area contributed by atoms with Crippen LogP contribution >= 0.6 is 11.6 Å². The van der Waals surface area contributed by atoms with Crippen LogP contribution in [0.4, 0.5) is 11.6 Å². The third kappa shape index (κ3) is 4.39. The Hall–Kier alpha value is -3.38. The van der Waals surface area contributed by atoms with Crippen molar-refractivity contribution in [3.8, 4) is 11.4 Å². The summed E-state index contributed by atoms with van der Waals surface area (Å²) in [6, 6.07) is 15.6. The average molecular weight is 434 g/mol. The molecule has 1 N–H and O–H groups in total. The number of rotatable bonds is 6. The second kappa shape index (κ2) is 8.40. The number of benzene rings is 2. The summed E-state index contributed by atoms with van der Waals surface area (Å²) < 4.78 is 7.53. The maximum Gasteiger partial charge on any atom is 0.227 e. The first-order valence-corrected chi connectivity index (χ1v) is 10.3. The Balaban J connectivity index is 1.61. The molecule has 158 valence electrons. The number of aromatic nitrogens is 4.